The molecule has 0 aliphatic rings. The minimum atomic E-state index is -1.03. The lowest BCUT2D eigenvalue weighted by Gasteiger charge is -2.19. The van der Waals surface area contributed by atoms with Gasteiger partial charge in [0.2, 0.25) is 0 Å². The monoisotopic (exact) mass is 198 g/mol. The Morgan fingerprint density at radius 1 is 1.42 bits per heavy atom. The van der Waals surface area contributed by atoms with Gasteiger partial charge in [0.25, 0.3) is 0 Å². The SMILES string of the molecule is CCCC[Si](C)(C)c1cccs1. The highest BCUT2D eigenvalue weighted by Crippen LogP contribution is 2.15. The molecule has 0 saturated carbocycles. The first-order valence-electron chi connectivity index (χ1n) is 4.71. The molecule has 0 aromatic carbocycles. The van der Waals surface area contributed by atoms with Crippen molar-refractivity contribution in [3.63, 3.8) is 0 Å². The molecule has 0 aliphatic heterocycles. The molecule has 0 nitrogen and oxygen atoms in total. The van der Waals surface area contributed by atoms with Crippen molar-refractivity contribution in [1.82, 2.24) is 0 Å². The van der Waals surface area contributed by atoms with Crippen LogP contribution in [0.25, 0.3) is 0 Å². The average Bonchev–Trinajstić information content (AvgIpc) is 2.53. The zero-order valence-corrected chi connectivity index (χ0v) is 10.1. The molecular formula is C10H18SSi. The fraction of sp³-hybridized carbons (Fsp3) is 0.600. The van der Waals surface area contributed by atoms with E-state index in [-0.39, 0.29) is 0 Å². The quantitative estimate of drug-likeness (QED) is 0.650. The van der Waals surface area contributed by atoms with Crippen LogP contribution in [0.4, 0.5) is 0 Å². The molecule has 0 fully saturated rings. The second-order valence-electron chi connectivity index (χ2n) is 3.96. The molecule has 0 amide bonds. The van der Waals surface area contributed by atoms with Crippen molar-refractivity contribution in [1.29, 1.82) is 0 Å². The number of rotatable bonds is 4. The Morgan fingerprint density at radius 2 is 2.17 bits per heavy atom. The Balaban J connectivity index is 2.59. The first kappa shape index (κ1) is 10.0. The van der Waals surface area contributed by atoms with E-state index in [9.17, 15) is 0 Å². The molecule has 0 radical (unpaired) electrons. The Hall–Kier alpha value is -0.0831. The molecule has 0 bridgehead atoms. The Bertz CT molecular complexity index is 214. The molecule has 1 rings (SSSR count). The second kappa shape index (κ2) is 4.24. The number of hydrogen-bond acceptors (Lipinski definition) is 1. The lowest BCUT2D eigenvalue weighted by molar-refractivity contribution is 0.871. The number of hydrogen-bond donors (Lipinski definition) is 0. The Kier molecular flexibility index (Phi) is 3.53. The van der Waals surface area contributed by atoms with E-state index in [1.165, 1.54) is 18.9 Å². The average molecular weight is 198 g/mol. The smallest absolute Gasteiger partial charge is 0.0934 e. The third-order valence-electron chi connectivity index (χ3n) is 2.34. The van der Waals surface area contributed by atoms with Crippen LogP contribution in [0.5, 0.6) is 0 Å². The molecule has 0 aliphatic carbocycles. The summed E-state index contributed by atoms with van der Waals surface area (Å²) in [5, 5.41) is 2.20. The molecule has 0 spiro atoms. The first-order valence-corrected chi connectivity index (χ1v) is 8.79. The normalized spacial score (nSPS) is 11.9. The van der Waals surface area contributed by atoms with Crippen molar-refractivity contribution in [3.8, 4) is 0 Å². The summed E-state index contributed by atoms with van der Waals surface area (Å²) in [6.07, 6.45) is 2.74. The predicted octanol–water partition coefficient (Wildman–Crippen LogP) is 3.46. The molecule has 2 heteroatoms. The largest absolute Gasteiger partial charge is 0.154 e. The standard InChI is InChI=1S/C10H18SSi/c1-4-5-9-12(2,3)10-7-6-8-11-10/h6-8H,4-5,9H2,1-3H3. The maximum Gasteiger partial charge on any atom is 0.0934 e. The molecular weight excluding hydrogens is 180 g/mol. The molecule has 0 atom stereocenters. The molecule has 1 heterocycles. The predicted molar refractivity (Wildman–Crippen MR) is 61.2 cm³/mol. The van der Waals surface area contributed by atoms with Gasteiger partial charge in [0.1, 0.15) is 0 Å². The van der Waals surface area contributed by atoms with Gasteiger partial charge in [0.15, 0.2) is 0 Å². The van der Waals surface area contributed by atoms with Crippen molar-refractivity contribution < 1.29 is 0 Å². The van der Waals surface area contributed by atoms with Crippen LogP contribution in [0.15, 0.2) is 17.5 Å². The van der Waals surface area contributed by atoms with E-state index in [1.54, 1.807) is 4.50 Å². The fourth-order valence-corrected chi connectivity index (χ4v) is 5.68. The minimum Gasteiger partial charge on any atom is -0.154 e. The van der Waals surface area contributed by atoms with Gasteiger partial charge in [-0.25, -0.2) is 0 Å². The highest BCUT2D eigenvalue weighted by molar-refractivity contribution is 7.25. The number of thiophene rings is 1. The Labute approximate surface area is 80.6 Å². The highest BCUT2D eigenvalue weighted by atomic mass is 32.1. The van der Waals surface area contributed by atoms with E-state index < -0.39 is 8.07 Å². The summed E-state index contributed by atoms with van der Waals surface area (Å²) in [4.78, 5) is 0. The lowest BCUT2D eigenvalue weighted by atomic mass is 10.4. The van der Waals surface area contributed by atoms with Crippen molar-refractivity contribution in [2.24, 2.45) is 0 Å². The minimum absolute atomic E-state index is 1.03. The van der Waals surface area contributed by atoms with E-state index in [4.69, 9.17) is 0 Å². The molecule has 1 aromatic heterocycles. The van der Waals surface area contributed by atoms with Crippen LogP contribution in [0.1, 0.15) is 19.8 Å². The van der Waals surface area contributed by atoms with Crippen molar-refractivity contribution in [2.45, 2.75) is 38.9 Å². The lowest BCUT2D eigenvalue weighted by Crippen LogP contribution is -2.38. The summed E-state index contributed by atoms with van der Waals surface area (Å²) in [5.74, 6) is 0. The van der Waals surface area contributed by atoms with Crippen LogP contribution < -0.4 is 4.50 Å². The van der Waals surface area contributed by atoms with Gasteiger partial charge >= 0.3 is 0 Å². The summed E-state index contributed by atoms with van der Waals surface area (Å²) in [5.41, 5.74) is 0. The fourth-order valence-electron chi connectivity index (χ4n) is 1.41. The van der Waals surface area contributed by atoms with Gasteiger partial charge in [-0.05, 0) is 9.88 Å². The van der Waals surface area contributed by atoms with E-state index >= 15 is 0 Å². The van der Waals surface area contributed by atoms with E-state index in [0.717, 1.165) is 0 Å². The summed E-state index contributed by atoms with van der Waals surface area (Å²) in [6.45, 7) is 7.24. The third-order valence-corrected chi connectivity index (χ3v) is 8.14. The summed E-state index contributed by atoms with van der Waals surface area (Å²) in [7, 11) is -1.03. The van der Waals surface area contributed by atoms with Gasteiger partial charge in [-0.15, -0.1) is 0 Å². The van der Waals surface area contributed by atoms with Crippen molar-refractivity contribution >= 4 is 23.9 Å². The van der Waals surface area contributed by atoms with Crippen LogP contribution in [0.2, 0.25) is 19.1 Å². The van der Waals surface area contributed by atoms with Gasteiger partial charge < -0.3 is 0 Å². The van der Waals surface area contributed by atoms with Crippen LogP contribution in [-0.2, 0) is 0 Å². The van der Waals surface area contributed by atoms with E-state index in [2.05, 4.69) is 37.5 Å². The summed E-state index contributed by atoms with van der Waals surface area (Å²) in [6, 6.07) is 5.94. The van der Waals surface area contributed by atoms with Crippen LogP contribution in [-0.4, -0.2) is 8.07 Å². The Morgan fingerprint density at radius 3 is 2.67 bits per heavy atom. The van der Waals surface area contributed by atoms with Gasteiger partial charge in [-0.1, -0.05) is 51.0 Å². The zero-order chi connectivity index (χ0) is 9.03. The molecule has 0 saturated heterocycles. The van der Waals surface area contributed by atoms with Gasteiger partial charge in [0.05, 0.1) is 8.07 Å². The maximum absolute atomic E-state index is 2.48. The van der Waals surface area contributed by atoms with Crippen molar-refractivity contribution in [2.75, 3.05) is 0 Å². The summed E-state index contributed by atoms with van der Waals surface area (Å²) < 4.78 is 1.66. The zero-order valence-electron chi connectivity index (χ0n) is 8.26. The van der Waals surface area contributed by atoms with Crippen molar-refractivity contribution in [3.05, 3.63) is 17.5 Å². The van der Waals surface area contributed by atoms with Crippen LogP contribution in [0.3, 0.4) is 0 Å². The van der Waals surface area contributed by atoms with Crippen LogP contribution in [0, 0.1) is 0 Å². The second-order valence-corrected chi connectivity index (χ2v) is 10.1. The molecule has 12 heavy (non-hydrogen) atoms. The topological polar surface area (TPSA) is 0 Å². The molecule has 68 valence electrons. The number of unbranched alkanes of at least 4 members (excludes halogenated alkanes) is 1. The molecule has 1 aromatic rings. The van der Waals surface area contributed by atoms with E-state index in [1.807, 2.05) is 11.3 Å². The van der Waals surface area contributed by atoms with Gasteiger partial charge in [-0.3, -0.25) is 0 Å². The summed E-state index contributed by atoms with van der Waals surface area (Å²) >= 11 is 1.94. The first-order chi connectivity index (χ1) is 5.67. The third kappa shape index (κ3) is 2.46. The van der Waals surface area contributed by atoms with Gasteiger partial charge in [0, 0.05) is 0 Å². The highest BCUT2D eigenvalue weighted by Gasteiger charge is 2.23. The van der Waals surface area contributed by atoms with E-state index in [0.29, 0.717) is 0 Å². The maximum atomic E-state index is 2.48. The van der Waals surface area contributed by atoms with Crippen LogP contribution >= 0.6 is 11.3 Å². The molecule has 0 unspecified atom stereocenters. The molecule has 0 N–H and O–H groups in total. The van der Waals surface area contributed by atoms with Gasteiger partial charge in [-0.2, -0.15) is 11.3 Å².